The van der Waals surface area contributed by atoms with Crippen LogP contribution in [-0.2, 0) is 24.2 Å². The summed E-state index contributed by atoms with van der Waals surface area (Å²) in [6.45, 7) is 11.3. The number of carbonyl (C=O) groups excluding carboxylic acids is 1. The third kappa shape index (κ3) is 3.57. The minimum Gasteiger partial charge on any atom is -0.306 e. The van der Waals surface area contributed by atoms with Gasteiger partial charge < -0.3 is 5.32 Å². The lowest BCUT2D eigenvalue weighted by Gasteiger charge is -2.24. The zero-order valence-corrected chi connectivity index (χ0v) is 13.3. The van der Waals surface area contributed by atoms with E-state index in [9.17, 15) is 4.79 Å². The van der Waals surface area contributed by atoms with Gasteiger partial charge in [0.15, 0.2) is 5.78 Å². The average Bonchev–Trinajstić information content (AvgIpc) is 2.66. The van der Waals surface area contributed by atoms with E-state index in [1.807, 2.05) is 39.3 Å². The summed E-state index contributed by atoms with van der Waals surface area (Å²) < 4.78 is 1.83. The van der Waals surface area contributed by atoms with E-state index in [-0.39, 0.29) is 5.78 Å². The van der Waals surface area contributed by atoms with Crippen molar-refractivity contribution in [3.8, 4) is 0 Å². The highest BCUT2D eigenvalue weighted by Gasteiger charge is 2.28. The standard InChI is InChI=1S/C14H24ClN3O/c1-6-10-13(15)11(18(8-3)17-10)9-12(19)14(4,5)16-7-2/h16H,6-9H2,1-5H3. The van der Waals surface area contributed by atoms with Gasteiger partial charge in [0.25, 0.3) is 0 Å². The quantitative estimate of drug-likeness (QED) is 0.838. The van der Waals surface area contributed by atoms with Gasteiger partial charge in [-0.3, -0.25) is 9.48 Å². The smallest absolute Gasteiger partial charge is 0.158 e. The Morgan fingerprint density at radius 2 is 2.00 bits per heavy atom. The number of rotatable bonds is 7. The molecule has 0 aliphatic heterocycles. The molecule has 1 aromatic heterocycles. The van der Waals surface area contributed by atoms with E-state index in [4.69, 9.17) is 11.6 Å². The Hall–Kier alpha value is -0.870. The predicted octanol–water partition coefficient (Wildman–Crippen LogP) is 2.62. The Balaban J connectivity index is 2.99. The lowest BCUT2D eigenvalue weighted by molar-refractivity contribution is -0.123. The summed E-state index contributed by atoms with van der Waals surface area (Å²) >= 11 is 6.32. The first-order valence-electron chi connectivity index (χ1n) is 6.89. The number of nitrogens with one attached hydrogen (secondary N) is 1. The van der Waals surface area contributed by atoms with Gasteiger partial charge >= 0.3 is 0 Å². The fourth-order valence-electron chi connectivity index (χ4n) is 2.10. The minimum atomic E-state index is -0.534. The zero-order valence-electron chi connectivity index (χ0n) is 12.5. The molecular weight excluding hydrogens is 262 g/mol. The molecule has 0 radical (unpaired) electrons. The van der Waals surface area contributed by atoms with Crippen LogP contribution in [0.15, 0.2) is 0 Å². The average molecular weight is 286 g/mol. The predicted molar refractivity (Wildman–Crippen MR) is 78.8 cm³/mol. The highest BCUT2D eigenvalue weighted by atomic mass is 35.5. The Morgan fingerprint density at radius 1 is 1.37 bits per heavy atom. The highest BCUT2D eigenvalue weighted by molar-refractivity contribution is 6.32. The lowest BCUT2D eigenvalue weighted by Crippen LogP contribution is -2.47. The number of carbonyl (C=O) groups is 1. The number of aryl methyl sites for hydroxylation is 2. The van der Waals surface area contributed by atoms with Gasteiger partial charge in [0, 0.05) is 6.54 Å². The van der Waals surface area contributed by atoms with Gasteiger partial charge in [0.05, 0.1) is 28.4 Å². The summed E-state index contributed by atoms with van der Waals surface area (Å²) in [6.07, 6.45) is 1.10. The van der Waals surface area contributed by atoms with Crippen molar-refractivity contribution in [2.24, 2.45) is 0 Å². The molecule has 0 saturated carbocycles. The SMILES string of the molecule is CCNC(C)(C)C(=O)Cc1c(Cl)c(CC)nn1CC. The van der Waals surface area contributed by atoms with E-state index in [1.165, 1.54) is 0 Å². The van der Waals surface area contributed by atoms with E-state index in [0.717, 1.165) is 30.9 Å². The molecule has 1 N–H and O–H groups in total. The molecule has 1 rings (SSSR count). The van der Waals surface area contributed by atoms with Gasteiger partial charge in [-0.2, -0.15) is 5.10 Å². The van der Waals surface area contributed by atoms with E-state index < -0.39 is 5.54 Å². The van der Waals surface area contributed by atoms with Crippen LogP contribution >= 0.6 is 11.6 Å². The maximum absolute atomic E-state index is 12.4. The second-order valence-electron chi connectivity index (χ2n) is 5.13. The van der Waals surface area contributed by atoms with Gasteiger partial charge in [0.1, 0.15) is 0 Å². The van der Waals surface area contributed by atoms with Crippen molar-refractivity contribution < 1.29 is 4.79 Å². The number of halogens is 1. The third-order valence-corrected chi connectivity index (χ3v) is 3.77. The van der Waals surface area contributed by atoms with Crippen LogP contribution in [0, 0.1) is 0 Å². The molecule has 108 valence electrons. The Morgan fingerprint density at radius 3 is 2.47 bits per heavy atom. The van der Waals surface area contributed by atoms with Crippen LogP contribution in [-0.4, -0.2) is 27.6 Å². The van der Waals surface area contributed by atoms with Crippen LogP contribution in [0.5, 0.6) is 0 Å². The summed E-state index contributed by atoms with van der Waals surface area (Å²) in [5.74, 6) is 0.133. The molecule has 0 fully saturated rings. The molecule has 0 atom stereocenters. The fraction of sp³-hybridized carbons (Fsp3) is 0.714. The van der Waals surface area contributed by atoms with Gasteiger partial charge in [0.2, 0.25) is 0 Å². The first-order chi connectivity index (χ1) is 8.87. The second-order valence-corrected chi connectivity index (χ2v) is 5.51. The van der Waals surface area contributed by atoms with Crippen LogP contribution in [0.2, 0.25) is 5.02 Å². The van der Waals surface area contributed by atoms with Gasteiger partial charge in [-0.1, -0.05) is 25.4 Å². The first kappa shape index (κ1) is 16.2. The normalized spacial score (nSPS) is 11.9. The Bertz CT molecular complexity index is 452. The molecule has 0 aliphatic rings. The molecule has 1 heterocycles. The number of likely N-dealkylation sites (N-methyl/N-ethyl adjacent to an activating group) is 1. The van der Waals surface area contributed by atoms with Crippen LogP contribution in [0.25, 0.3) is 0 Å². The van der Waals surface area contributed by atoms with Crippen LogP contribution < -0.4 is 5.32 Å². The van der Waals surface area contributed by atoms with E-state index in [2.05, 4.69) is 10.4 Å². The molecule has 5 heteroatoms. The fourth-order valence-corrected chi connectivity index (χ4v) is 2.44. The van der Waals surface area contributed by atoms with Crippen molar-refractivity contribution in [1.82, 2.24) is 15.1 Å². The molecule has 0 saturated heterocycles. The molecule has 0 amide bonds. The summed E-state index contributed by atoms with van der Waals surface area (Å²) in [5, 5.41) is 8.28. The summed E-state index contributed by atoms with van der Waals surface area (Å²) in [6, 6.07) is 0. The summed E-state index contributed by atoms with van der Waals surface area (Å²) in [4.78, 5) is 12.4. The van der Waals surface area contributed by atoms with E-state index >= 15 is 0 Å². The van der Waals surface area contributed by atoms with Crippen molar-refractivity contribution >= 4 is 17.4 Å². The Labute approximate surface area is 120 Å². The van der Waals surface area contributed by atoms with E-state index in [0.29, 0.717) is 11.4 Å². The number of hydrogen-bond acceptors (Lipinski definition) is 3. The molecular formula is C14H24ClN3O. The monoisotopic (exact) mass is 285 g/mol. The largest absolute Gasteiger partial charge is 0.306 e. The molecule has 4 nitrogen and oxygen atoms in total. The van der Waals surface area contributed by atoms with Crippen molar-refractivity contribution in [2.75, 3.05) is 6.54 Å². The second kappa shape index (κ2) is 6.53. The molecule has 19 heavy (non-hydrogen) atoms. The number of ketones is 1. The molecule has 0 aromatic carbocycles. The van der Waals surface area contributed by atoms with Gasteiger partial charge in [-0.25, -0.2) is 0 Å². The van der Waals surface area contributed by atoms with Gasteiger partial charge in [-0.05, 0) is 33.7 Å². The summed E-state index contributed by atoms with van der Waals surface area (Å²) in [7, 11) is 0. The number of hydrogen-bond donors (Lipinski definition) is 1. The summed E-state index contributed by atoms with van der Waals surface area (Å²) in [5.41, 5.74) is 1.16. The van der Waals surface area contributed by atoms with Crippen LogP contribution in [0.1, 0.15) is 46.0 Å². The molecule has 1 aromatic rings. The topological polar surface area (TPSA) is 46.9 Å². The minimum absolute atomic E-state index is 0.133. The van der Waals surface area contributed by atoms with Gasteiger partial charge in [-0.15, -0.1) is 0 Å². The molecule has 0 unspecified atom stereocenters. The molecule has 0 aliphatic carbocycles. The maximum atomic E-state index is 12.4. The number of Topliss-reactive ketones (excluding diaryl/α,β-unsaturated/α-hetero) is 1. The maximum Gasteiger partial charge on any atom is 0.158 e. The van der Waals surface area contributed by atoms with Crippen LogP contribution in [0.4, 0.5) is 0 Å². The third-order valence-electron chi connectivity index (χ3n) is 3.34. The number of aromatic nitrogens is 2. The Kier molecular flexibility index (Phi) is 5.56. The number of nitrogens with zero attached hydrogens (tertiary/aromatic N) is 2. The highest BCUT2D eigenvalue weighted by Crippen LogP contribution is 2.23. The molecule has 0 bridgehead atoms. The van der Waals surface area contributed by atoms with Crippen molar-refractivity contribution in [1.29, 1.82) is 0 Å². The zero-order chi connectivity index (χ0) is 14.6. The first-order valence-corrected chi connectivity index (χ1v) is 7.27. The van der Waals surface area contributed by atoms with Crippen LogP contribution in [0.3, 0.4) is 0 Å². The van der Waals surface area contributed by atoms with E-state index in [1.54, 1.807) is 0 Å². The van der Waals surface area contributed by atoms with Crippen molar-refractivity contribution in [3.05, 3.63) is 16.4 Å². The van der Waals surface area contributed by atoms with Crippen molar-refractivity contribution in [3.63, 3.8) is 0 Å². The lowest BCUT2D eigenvalue weighted by atomic mass is 9.95. The van der Waals surface area contributed by atoms with Crippen molar-refractivity contribution in [2.45, 2.75) is 59.5 Å². The molecule has 0 spiro atoms.